The first-order chi connectivity index (χ1) is 12.5. The molecule has 0 radical (unpaired) electrons. The Morgan fingerprint density at radius 2 is 1.69 bits per heavy atom. The quantitative estimate of drug-likeness (QED) is 0.639. The van der Waals surface area contributed by atoms with Crippen molar-refractivity contribution in [2.75, 3.05) is 6.54 Å². The van der Waals surface area contributed by atoms with E-state index in [-0.39, 0.29) is 5.91 Å². The fourth-order valence-corrected chi connectivity index (χ4v) is 3.75. The van der Waals surface area contributed by atoms with Gasteiger partial charge in [-0.3, -0.25) is 4.79 Å². The Balaban J connectivity index is 1.74. The summed E-state index contributed by atoms with van der Waals surface area (Å²) in [5, 5.41) is 1.06. The molecule has 1 amide bonds. The summed E-state index contributed by atoms with van der Waals surface area (Å²) in [4.78, 5) is 15.3. The van der Waals surface area contributed by atoms with E-state index in [4.69, 9.17) is 4.42 Å². The number of furan rings is 1. The zero-order valence-electron chi connectivity index (χ0n) is 15.5. The largest absolute Gasteiger partial charge is 0.459 e. The van der Waals surface area contributed by atoms with Gasteiger partial charge in [-0.25, -0.2) is 0 Å². The van der Waals surface area contributed by atoms with Crippen LogP contribution in [0.2, 0.25) is 0 Å². The maximum atomic E-state index is 13.4. The second-order valence-electron chi connectivity index (χ2n) is 7.44. The molecule has 1 aromatic heterocycles. The molecule has 1 aliphatic rings. The molecule has 0 atom stereocenters. The van der Waals surface area contributed by atoms with Crippen LogP contribution in [0.15, 0.2) is 70.7 Å². The van der Waals surface area contributed by atoms with E-state index in [1.807, 2.05) is 59.5 Å². The van der Waals surface area contributed by atoms with Crippen molar-refractivity contribution in [1.29, 1.82) is 0 Å². The summed E-state index contributed by atoms with van der Waals surface area (Å²) >= 11 is 0. The Kier molecular flexibility index (Phi) is 3.95. The van der Waals surface area contributed by atoms with Gasteiger partial charge in [0.1, 0.15) is 11.3 Å². The number of para-hydroxylation sites is 1. The first-order valence-corrected chi connectivity index (χ1v) is 9.04. The van der Waals surface area contributed by atoms with Gasteiger partial charge in [0.05, 0.1) is 5.54 Å². The number of nitrogens with zero attached hydrogens (tertiary/aromatic N) is 1. The summed E-state index contributed by atoms with van der Waals surface area (Å²) in [7, 11) is 0. The van der Waals surface area contributed by atoms with E-state index >= 15 is 0 Å². The molecule has 0 saturated heterocycles. The van der Waals surface area contributed by atoms with E-state index in [0.29, 0.717) is 6.54 Å². The van der Waals surface area contributed by atoms with Crippen LogP contribution >= 0.6 is 0 Å². The molecule has 4 rings (SSSR count). The highest BCUT2D eigenvalue weighted by molar-refractivity contribution is 6.21. The minimum absolute atomic E-state index is 0.0745. The monoisotopic (exact) mass is 345 g/mol. The van der Waals surface area contributed by atoms with Gasteiger partial charge in [-0.2, -0.15) is 0 Å². The molecule has 0 N–H and O–H groups in total. The lowest BCUT2D eigenvalue weighted by molar-refractivity contribution is -0.131. The number of carbonyl (C=O) groups excluding carboxylic acids is 1. The molecule has 2 heterocycles. The van der Waals surface area contributed by atoms with Gasteiger partial charge in [0.25, 0.3) is 5.91 Å². The predicted molar refractivity (Wildman–Crippen MR) is 105 cm³/mol. The van der Waals surface area contributed by atoms with Gasteiger partial charge in [0.2, 0.25) is 0 Å². The predicted octanol–water partition coefficient (Wildman–Crippen LogP) is 5.37. The molecule has 0 unspecified atom stereocenters. The van der Waals surface area contributed by atoms with E-state index in [1.54, 1.807) is 0 Å². The molecular weight excluding hydrogens is 322 g/mol. The summed E-state index contributed by atoms with van der Waals surface area (Å²) in [6.07, 6.45) is 0.875. The summed E-state index contributed by atoms with van der Waals surface area (Å²) < 4.78 is 6.09. The SMILES string of the molecule is CC1=C(c2ccccc2)C(=O)N(C(C)(C)c2cc3ccccc3o2)CC1. The Bertz CT molecular complexity index is 962. The summed E-state index contributed by atoms with van der Waals surface area (Å²) in [5.41, 5.74) is 3.30. The van der Waals surface area contributed by atoms with E-state index in [9.17, 15) is 4.79 Å². The first-order valence-electron chi connectivity index (χ1n) is 9.04. The molecule has 3 aromatic rings. The van der Waals surface area contributed by atoms with Crippen LogP contribution in [0.1, 0.15) is 38.5 Å². The minimum atomic E-state index is -0.517. The van der Waals surface area contributed by atoms with Crippen LogP contribution in [0.4, 0.5) is 0 Å². The van der Waals surface area contributed by atoms with Crippen molar-refractivity contribution in [3.63, 3.8) is 0 Å². The fourth-order valence-electron chi connectivity index (χ4n) is 3.75. The van der Waals surface area contributed by atoms with Gasteiger partial charge in [-0.15, -0.1) is 0 Å². The normalized spacial score (nSPS) is 15.8. The zero-order chi connectivity index (χ0) is 18.3. The smallest absolute Gasteiger partial charge is 0.255 e. The van der Waals surface area contributed by atoms with E-state index in [0.717, 1.165) is 39.9 Å². The van der Waals surface area contributed by atoms with Gasteiger partial charge in [-0.05, 0) is 44.9 Å². The Hall–Kier alpha value is -2.81. The highest BCUT2D eigenvalue weighted by Gasteiger charge is 2.39. The number of hydrogen-bond acceptors (Lipinski definition) is 2. The van der Waals surface area contributed by atoms with E-state index in [1.165, 1.54) is 0 Å². The molecule has 3 nitrogen and oxygen atoms in total. The van der Waals surface area contributed by atoms with Crippen LogP contribution in [0, 0.1) is 0 Å². The third-order valence-corrected chi connectivity index (χ3v) is 5.36. The van der Waals surface area contributed by atoms with Crippen molar-refractivity contribution in [2.45, 2.75) is 32.7 Å². The van der Waals surface area contributed by atoms with Gasteiger partial charge < -0.3 is 9.32 Å². The number of benzene rings is 2. The second kappa shape index (κ2) is 6.17. The van der Waals surface area contributed by atoms with Gasteiger partial charge in [0, 0.05) is 17.5 Å². The second-order valence-corrected chi connectivity index (χ2v) is 7.44. The number of amides is 1. The van der Waals surface area contributed by atoms with Crippen LogP contribution in [-0.4, -0.2) is 17.4 Å². The Morgan fingerprint density at radius 3 is 2.42 bits per heavy atom. The molecule has 26 heavy (non-hydrogen) atoms. The number of rotatable bonds is 3. The van der Waals surface area contributed by atoms with Crippen LogP contribution in [-0.2, 0) is 10.3 Å². The van der Waals surface area contributed by atoms with Gasteiger partial charge in [-0.1, -0.05) is 54.1 Å². The molecule has 132 valence electrons. The van der Waals surface area contributed by atoms with Crippen LogP contribution < -0.4 is 0 Å². The highest BCUT2D eigenvalue weighted by Crippen LogP contribution is 2.38. The maximum absolute atomic E-state index is 13.4. The minimum Gasteiger partial charge on any atom is -0.459 e. The zero-order valence-corrected chi connectivity index (χ0v) is 15.5. The number of carbonyl (C=O) groups is 1. The first kappa shape index (κ1) is 16.6. The third-order valence-electron chi connectivity index (χ3n) is 5.36. The lowest BCUT2D eigenvalue weighted by Crippen LogP contribution is -2.48. The van der Waals surface area contributed by atoms with Crippen LogP contribution in [0.3, 0.4) is 0 Å². The standard InChI is InChI=1S/C23H23NO2/c1-16-13-14-24(22(25)21(16)17-9-5-4-6-10-17)23(2,3)20-15-18-11-7-8-12-19(18)26-20/h4-12,15H,13-14H2,1-3H3. The molecule has 3 heteroatoms. The lowest BCUT2D eigenvalue weighted by Gasteiger charge is -2.40. The molecule has 2 aromatic carbocycles. The average molecular weight is 345 g/mol. The third kappa shape index (κ3) is 2.64. The Morgan fingerprint density at radius 1 is 1.00 bits per heavy atom. The van der Waals surface area contributed by atoms with Crippen molar-refractivity contribution in [1.82, 2.24) is 4.90 Å². The van der Waals surface area contributed by atoms with Crippen LogP contribution in [0.5, 0.6) is 0 Å². The number of fused-ring (bicyclic) bond motifs is 1. The van der Waals surface area contributed by atoms with Gasteiger partial charge in [0.15, 0.2) is 0 Å². The van der Waals surface area contributed by atoms with E-state index < -0.39 is 5.54 Å². The highest BCUT2D eigenvalue weighted by atomic mass is 16.3. The van der Waals surface area contributed by atoms with Gasteiger partial charge >= 0.3 is 0 Å². The van der Waals surface area contributed by atoms with Crippen molar-refractivity contribution in [2.24, 2.45) is 0 Å². The fraction of sp³-hybridized carbons (Fsp3) is 0.261. The molecule has 0 fully saturated rings. The molecular formula is C23H23NO2. The van der Waals surface area contributed by atoms with Crippen molar-refractivity contribution in [3.8, 4) is 0 Å². The van der Waals surface area contributed by atoms with Crippen LogP contribution in [0.25, 0.3) is 16.5 Å². The molecule has 0 saturated carbocycles. The maximum Gasteiger partial charge on any atom is 0.255 e. The van der Waals surface area contributed by atoms with Crippen molar-refractivity contribution >= 4 is 22.4 Å². The molecule has 1 aliphatic heterocycles. The summed E-state index contributed by atoms with van der Waals surface area (Å²) in [6, 6.07) is 20.0. The number of hydrogen-bond donors (Lipinski definition) is 0. The molecule has 0 spiro atoms. The Labute approximate surface area is 153 Å². The summed E-state index contributed by atoms with van der Waals surface area (Å²) in [6.45, 7) is 6.88. The average Bonchev–Trinajstić information content (AvgIpc) is 3.07. The topological polar surface area (TPSA) is 33.5 Å². The molecule has 0 bridgehead atoms. The lowest BCUT2D eigenvalue weighted by atomic mass is 9.89. The van der Waals surface area contributed by atoms with Crippen molar-refractivity contribution in [3.05, 3.63) is 77.6 Å². The van der Waals surface area contributed by atoms with Crippen molar-refractivity contribution < 1.29 is 9.21 Å². The van der Waals surface area contributed by atoms with E-state index in [2.05, 4.69) is 26.8 Å². The summed E-state index contributed by atoms with van der Waals surface area (Å²) in [5.74, 6) is 0.893. The molecule has 0 aliphatic carbocycles.